The Kier molecular flexibility index (Phi) is 7.81. The Morgan fingerprint density at radius 1 is 1.06 bits per heavy atom. The van der Waals surface area contributed by atoms with Crippen molar-refractivity contribution in [1.29, 1.82) is 5.26 Å². The lowest BCUT2D eigenvalue weighted by atomic mass is 10.2. The first-order valence-corrected chi connectivity index (χ1v) is 12.2. The second-order valence-corrected chi connectivity index (χ2v) is 8.47. The number of nitriles is 1. The molecule has 176 valence electrons. The molecule has 0 aliphatic heterocycles. The van der Waals surface area contributed by atoms with E-state index in [-0.39, 0.29) is 30.2 Å². The summed E-state index contributed by atoms with van der Waals surface area (Å²) in [6.45, 7) is 2.61. The van der Waals surface area contributed by atoms with E-state index in [0.29, 0.717) is 34.1 Å². The van der Waals surface area contributed by atoms with Crippen molar-refractivity contribution in [3.63, 3.8) is 0 Å². The molecular formula is C27H24N4O3S. The number of aromatic nitrogens is 2. The van der Waals surface area contributed by atoms with Crippen molar-refractivity contribution >= 4 is 34.3 Å². The van der Waals surface area contributed by atoms with Gasteiger partial charge in [0.15, 0.2) is 5.16 Å². The highest BCUT2D eigenvalue weighted by Crippen LogP contribution is 2.28. The van der Waals surface area contributed by atoms with Crippen LogP contribution in [0.2, 0.25) is 0 Å². The molecule has 3 aromatic carbocycles. The molecule has 1 heterocycles. The van der Waals surface area contributed by atoms with Crippen molar-refractivity contribution in [3.05, 3.63) is 89.2 Å². The van der Waals surface area contributed by atoms with E-state index >= 15 is 0 Å². The molecule has 0 spiro atoms. The van der Waals surface area contributed by atoms with Crippen molar-refractivity contribution < 1.29 is 9.53 Å². The van der Waals surface area contributed by atoms with Gasteiger partial charge in [-0.05, 0) is 43.3 Å². The zero-order chi connectivity index (χ0) is 24.6. The van der Waals surface area contributed by atoms with Gasteiger partial charge in [0.2, 0.25) is 5.91 Å². The number of amides is 1. The number of hydrogen-bond acceptors (Lipinski definition) is 6. The molecule has 8 heteroatoms. The predicted octanol–water partition coefficient (Wildman–Crippen LogP) is 4.82. The van der Waals surface area contributed by atoms with Crippen molar-refractivity contribution in [2.75, 3.05) is 23.8 Å². The largest absolute Gasteiger partial charge is 0.492 e. The Labute approximate surface area is 207 Å². The minimum Gasteiger partial charge on any atom is -0.492 e. The van der Waals surface area contributed by atoms with Crippen LogP contribution in [0.5, 0.6) is 5.75 Å². The molecule has 0 unspecified atom stereocenters. The van der Waals surface area contributed by atoms with E-state index in [0.717, 1.165) is 5.69 Å². The Morgan fingerprint density at radius 3 is 2.54 bits per heavy atom. The molecule has 0 aliphatic rings. The molecule has 0 bridgehead atoms. The fourth-order valence-corrected chi connectivity index (χ4v) is 4.59. The van der Waals surface area contributed by atoms with Crippen LogP contribution in [0.25, 0.3) is 16.6 Å². The second-order valence-electron chi connectivity index (χ2n) is 7.53. The van der Waals surface area contributed by atoms with Crippen LogP contribution in [-0.4, -0.2) is 34.4 Å². The zero-order valence-electron chi connectivity index (χ0n) is 19.3. The van der Waals surface area contributed by atoms with Gasteiger partial charge in [0, 0.05) is 12.2 Å². The van der Waals surface area contributed by atoms with Crippen LogP contribution in [0.3, 0.4) is 0 Å². The fourth-order valence-electron chi connectivity index (χ4n) is 3.71. The van der Waals surface area contributed by atoms with Gasteiger partial charge < -0.3 is 9.64 Å². The van der Waals surface area contributed by atoms with Gasteiger partial charge in [-0.25, -0.2) is 4.98 Å². The van der Waals surface area contributed by atoms with Gasteiger partial charge in [-0.15, -0.1) is 0 Å². The molecule has 0 atom stereocenters. The first-order chi connectivity index (χ1) is 17.1. The molecule has 0 saturated heterocycles. The van der Waals surface area contributed by atoms with Gasteiger partial charge in [-0.2, -0.15) is 5.26 Å². The highest BCUT2D eigenvalue weighted by Gasteiger charge is 2.20. The molecule has 4 aromatic rings. The maximum Gasteiger partial charge on any atom is 0.266 e. The lowest BCUT2D eigenvalue weighted by Crippen LogP contribution is -2.33. The lowest BCUT2D eigenvalue weighted by Gasteiger charge is -2.22. The molecule has 0 aliphatic carbocycles. The average molecular weight is 485 g/mol. The van der Waals surface area contributed by atoms with Crippen LogP contribution in [0.15, 0.2) is 88.8 Å². The topological polar surface area (TPSA) is 88.2 Å². The van der Waals surface area contributed by atoms with Gasteiger partial charge in [0.25, 0.3) is 5.56 Å². The summed E-state index contributed by atoms with van der Waals surface area (Å²) in [4.78, 5) is 33.1. The number of thioether (sulfide) groups is 1. The van der Waals surface area contributed by atoms with Crippen LogP contribution < -0.4 is 15.2 Å². The zero-order valence-corrected chi connectivity index (χ0v) is 20.1. The highest BCUT2D eigenvalue weighted by atomic mass is 32.2. The standard InChI is InChI=1S/C27H24N4O3S/c1-2-34-24-16-9-8-15-23(24)31-26(33)21-13-6-7-14-22(21)29-27(31)35-19-25(32)30(18-10-17-28)20-11-4-3-5-12-20/h3-9,11-16H,2,10,18-19H2,1H3. The maximum atomic E-state index is 13.6. The van der Waals surface area contributed by atoms with Gasteiger partial charge in [0.05, 0.1) is 41.4 Å². The molecule has 0 N–H and O–H groups in total. The summed E-state index contributed by atoms with van der Waals surface area (Å²) in [5.74, 6) is 0.424. The van der Waals surface area contributed by atoms with E-state index < -0.39 is 0 Å². The number of carbonyl (C=O) groups excluding carboxylic acids is 1. The number of nitrogens with zero attached hydrogens (tertiary/aromatic N) is 4. The monoisotopic (exact) mass is 484 g/mol. The molecule has 0 radical (unpaired) electrons. The minimum absolute atomic E-state index is 0.0436. The first-order valence-electron chi connectivity index (χ1n) is 11.2. The maximum absolute atomic E-state index is 13.6. The number of carbonyl (C=O) groups is 1. The SMILES string of the molecule is CCOc1ccccc1-n1c(SCC(=O)N(CCC#N)c2ccccc2)nc2ccccc2c1=O. The molecular weight excluding hydrogens is 460 g/mol. The molecule has 4 rings (SSSR count). The fraction of sp³-hybridized carbons (Fsp3) is 0.185. The van der Waals surface area contributed by atoms with E-state index in [9.17, 15) is 9.59 Å². The average Bonchev–Trinajstić information content (AvgIpc) is 2.89. The van der Waals surface area contributed by atoms with Crippen LogP contribution >= 0.6 is 11.8 Å². The summed E-state index contributed by atoms with van der Waals surface area (Å²) in [5, 5.41) is 9.93. The number of ether oxygens (including phenoxy) is 1. The summed E-state index contributed by atoms with van der Waals surface area (Å²) >= 11 is 1.18. The van der Waals surface area contributed by atoms with Crippen LogP contribution in [0, 0.1) is 11.3 Å². The van der Waals surface area contributed by atoms with Crippen LogP contribution in [-0.2, 0) is 4.79 Å². The van der Waals surface area contributed by atoms with E-state index in [4.69, 9.17) is 15.0 Å². The minimum atomic E-state index is -0.234. The molecule has 1 aromatic heterocycles. The van der Waals surface area contributed by atoms with Crippen molar-refractivity contribution in [3.8, 4) is 17.5 Å². The van der Waals surface area contributed by atoms with Gasteiger partial charge in [-0.1, -0.05) is 54.2 Å². The molecule has 0 fully saturated rings. The molecule has 0 saturated carbocycles. The second kappa shape index (κ2) is 11.4. The van der Waals surface area contributed by atoms with E-state index in [1.54, 1.807) is 35.2 Å². The lowest BCUT2D eigenvalue weighted by molar-refractivity contribution is -0.116. The number of anilines is 1. The van der Waals surface area contributed by atoms with E-state index in [1.807, 2.05) is 55.5 Å². The van der Waals surface area contributed by atoms with Crippen LogP contribution in [0.4, 0.5) is 5.69 Å². The van der Waals surface area contributed by atoms with Crippen molar-refractivity contribution in [2.45, 2.75) is 18.5 Å². The van der Waals surface area contributed by atoms with Gasteiger partial charge >= 0.3 is 0 Å². The summed E-state index contributed by atoms with van der Waals surface area (Å²) in [7, 11) is 0. The first kappa shape index (κ1) is 24.0. The Bertz CT molecular complexity index is 1430. The summed E-state index contributed by atoms with van der Waals surface area (Å²) in [6.07, 6.45) is 0.214. The highest BCUT2D eigenvalue weighted by molar-refractivity contribution is 7.99. The third kappa shape index (κ3) is 5.36. The predicted molar refractivity (Wildman–Crippen MR) is 138 cm³/mol. The smallest absolute Gasteiger partial charge is 0.266 e. The summed E-state index contributed by atoms with van der Waals surface area (Å²) < 4.78 is 7.28. The third-order valence-corrected chi connectivity index (χ3v) is 6.22. The normalized spacial score (nSPS) is 10.6. The van der Waals surface area contributed by atoms with Gasteiger partial charge in [0.1, 0.15) is 5.75 Å². The summed E-state index contributed by atoms with van der Waals surface area (Å²) in [5.41, 5.74) is 1.61. The number of fused-ring (bicyclic) bond motifs is 1. The van der Waals surface area contributed by atoms with E-state index in [2.05, 4.69) is 6.07 Å². The number of rotatable bonds is 9. The number of para-hydroxylation sites is 4. The Balaban J connectivity index is 1.74. The number of hydrogen-bond donors (Lipinski definition) is 0. The molecule has 1 amide bonds. The molecule has 7 nitrogen and oxygen atoms in total. The van der Waals surface area contributed by atoms with E-state index in [1.165, 1.54) is 16.3 Å². The quantitative estimate of drug-likeness (QED) is 0.250. The van der Waals surface area contributed by atoms with Gasteiger partial charge in [-0.3, -0.25) is 14.2 Å². The van der Waals surface area contributed by atoms with Crippen molar-refractivity contribution in [2.24, 2.45) is 0 Å². The van der Waals surface area contributed by atoms with Crippen molar-refractivity contribution in [1.82, 2.24) is 9.55 Å². The number of benzene rings is 3. The Morgan fingerprint density at radius 2 is 1.77 bits per heavy atom. The third-order valence-electron chi connectivity index (χ3n) is 5.29. The molecule has 35 heavy (non-hydrogen) atoms. The Hall–Kier alpha value is -4.09. The summed E-state index contributed by atoms with van der Waals surface area (Å²) in [6, 6.07) is 25.8. The van der Waals surface area contributed by atoms with Crippen LogP contribution in [0.1, 0.15) is 13.3 Å².